The Balaban J connectivity index is 0.00000529. The first-order valence-electron chi connectivity index (χ1n) is 13.9. The molecule has 4 N–H and O–H groups in total. The molecule has 3 aromatic rings. The van der Waals surface area contributed by atoms with Crippen molar-refractivity contribution in [2.24, 2.45) is 11.7 Å². The maximum absolute atomic E-state index is 13.2. The van der Waals surface area contributed by atoms with Crippen LogP contribution in [0.25, 0.3) is 0 Å². The lowest BCUT2D eigenvalue weighted by Crippen LogP contribution is -2.42. The number of halogens is 4. The molecule has 8 nitrogen and oxygen atoms in total. The summed E-state index contributed by atoms with van der Waals surface area (Å²) in [4.78, 5) is 25.6. The minimum atomic E-state index is -4.56. The largest absolute Gasteiger partial charge is 0.462 e. The van der Waals surface area contributed by atoms with Gasteiger partial charge in [-0.15, -0.1) is 12.4 Å². The van der Waals surface area contributed by atoms with E-state index in [9.17, 15) is 31.2 Å². The highest BCUT2D eigenvalue weighted by Crippen LogP contribution is 2.30. The molecule has 0 radical (unpaired) electrons. The van der Waals surface area contributed by atoms with E-state index in [1.54, 1.807) is 0 Å². The Labute approximate surface area is 261 Å². The fraction of sp³-hybridized carbons (Fsp3) is 0.355. The van der Waals surface area contributed by atoms with Crippen LogP contribution in [0.2, 0.25) is 0 Å². The Morgan fingerprint density at radius 1 is 0.886 bits per heavy atom. The van der Waals surface area contributed by atoms with Crippen molar-refractivity contribution < 1.29 is 35.9 Å². The minimum Gasteiger partial charge on any atom is -0.462 e. The molecule has 1 aliphatic carbocycles. The highest BCUT2D eigenvalue weighted by atomic mass is 35.5. The van der Waals surface area contributed by atoms with Gasteiger partial charge in [0.1, 0.15) is 12.6 Å². The molecular formula is C31H35ClF3N3O5S. The van der Waals surface area contributed by atoms with Crippen molar-refractivity contribution in [2.75, 3.05) is 6.61 Å². The van der Waals surface area contributed by atoms with Gasteiger partial charge in [0, 0.05) is 12.0 Å². The second-order valence-electron chi connectivity index (χ2n) is 10.6. The zero-order valence-corrected chi connectivity index (χ0v) is 25.3. The molecular weight excluding hydrogens is 619 g/mol. The third-order valence-electron chi connectivity index (χ3n) is 7.42. The van der Waals surface area contributed by atoms with Gasteiger partial charge in [-0.1, -0.05) is 60.7 Å². The van der Waals surface area contributed by atoms with Crippen LogP contribution in [0.1, 0.15) is 48.4 Å². The van der Waals surface area contributed by atoms with E-state index in [0.717, 1.165) is 35.4 Å². The highest BCUT2D eigenvalue weighted by molar-refractivity contribution is 7.89. The second-order valence-corrected chi connectivity index (χ2v) is 12.3. The molecule has 0 aromatic heterocycles. The molecule has 0 unspecified atom stereocenters. The average Bonchev–Trinajstić information content (AvgIpc) is 2.99. The molecule has 4 rings (SSSR count). The number of nitrogens with one attached hydrogen (secondary N) is 2. The standard InChI is InChI=1S/C31H34F3N3O5S.ClH/c32-31(33,34)24-13-17-26(18-14-24)43(40,41)37-25-15-11-23(12-16-25)29(38)36-28(22-9-5-2-6-10-22)20-42-30(39)27(35)19-21-7-3-1-4-8-21;/h1-10,13-14,17-18,23,25,27-28,37H,11-12,15-16,19-20,35H2,(H,36,38);1H/t23?,25?,27-,28+;/m0./s1. The topological polar surface area (TPSA) is 128 Å². The van der Waals surface area contributed by atoms with Crippen LogP contribution in [0, 0.1) is 5.92 Å². The van der Waals surface area contributed by atoms with Crippen molar-refractivity contribution in [1.82, 2.24) is 10.0 Å². The molecule has 1 saturated carbocycles. The summed E-state index contributed by atoms with van der Waals surface area (Å²) in [5.74, 6) is -1.23. The Hall–Kier alpha value is -3.45. The number of carbonyl (C=O) groups excluding carboxylic acids is 2. The van der Waals surface area contributed by atoms with E-state index in [1.165, 1.54) is 0 Å². The van der Waals surface area contributed by atoms with Crippen LogP contribution >= 0.6 is 12.4 Å². The molecule has 0 aliphatic heterocycles. The normalized spacial score (nSPS) is 18.4. The Kier molecular flexibility index (Phi) is 12.4. The second kappa shape index (κ2) is 15.5. The summed E-state index contributed by atoms with van der Waals surface area (Å²) >= 11 is 0. The van der Waals surface area contributed by atoms with Gasteiger partial charge >= 0.3 is 12.1 Å². The number of sulfonamides is 1. The smallest absolute Gasteiger partial charge is 0.416 e. The minimum absolute atomic E-state index is 0. The number of esters is 1. The Bertz CT molecular complexity index is 1470. The zero-order valence-electron chi connectivity index (χ0n) is 23.7. The summed E-state index contributed by atoms with van der Waals surface area (Å²) in [5.41, 5.74) is 6.77. The molecule has 0 heterocycles. The summed E-state index contributed by atoms with van der Waals surface area (Å²) in [5, 5.41) is 2.97. The summed E-state index contributed by atoms with van der Waals surface area (Å²) in [7, 11) is -4.03. The zero-order chi connectivity index (χ0) is 31.0. The van der Waals surface area contributed by atoms with Crippen molar-refractivity contribution in [3.63, 3.8) is 0 Å². The first-order chi connectivity index (χ1) is 20.4. The van der Waals surface area contributed by atoms with Crippen LogP contribution < -0.4 is 15.8 Å². The molecule has 1 fully saturated rings. The summed E-state index contributed by atoms with van der Waals surface area (Å²) in [6, 6.07) is 19.8. The van der Waals surface area contributed by atoms with Crippen LogP contribution in [-0.2, 0) is 36.9 Å². The van der Waals surface area contributed by atoms with E-state index >= 15 is 0 Å². The van der Waals surface area contributed by atoms with Crippen LogP contribution in [0.3, 0.4) is 0 Å². The predicted molar refractivity (Wildman–Crippen MR) is 161 cm³/mol. The van der Waals surface area contributed by atoms with Crippen molar-refractivity contribution in [3.8, 4) is 0 Å². The lowest BCUT2D eigenvalue weighted by Gasteiger charge is -2.30. The van der Waals surface area contributed by atoms with Gasteiger partial charge in [-0.25, -0.2) is 13.1 Å². The van der Waals surface area contributed by atoms with Gasteiger partial charge in [-0.05, 0) is 67.5 Å². The number of nitrogens with two attached hydrogens (primary N) is 1. The third kappa shape index (κ3) is 9.78. The van der Waals surface area contributed by atoms with Gasteiger partial charge in [0.25, 0.3) is 0 Å². The molecule has 2 atom stereocenters. The van der Waals surface area contributed by atoms with Gasteiger partial charge in [0.15, 0.2) is 0 Å². The third-order valence-corrected chi connectivity index (χ3v) is 8.96. The molecule has 1 amide bonds. The van der Waals surface area contributed by atoms with Crippen molar-refractivity contribution in [2.45, 2.75) is 61.3 Å². The number of amides is 1. The van der Waals surface area contributed by atoms with E-state index in [4.69, 9.17) is 10.5 Å². The van der Waals surface area contributed by atoms with Crippen LogP contribution in [0.4, 0.5) is 13.2 Å². The number of rotatable bonds is 11. The summed E-state index contributed by atoms with van der Waals surface area (Å²) in [6.45, 7) is -0.112. The van der Waals surface area contributed by atoms with Crippen molar-refractivity contribution in [3.05, 3.63) is 102 Å². The van der Waals surface area contributed by atoms with Gasteiger partial charge in [-0.3, -0.25) is 9.59 Å². The molecule has 238 valence electrons. The number of hydrogen-bond donors (Lipinski definition) is 3. The SMILES string of the molecule is Cl.N[C@@H](Cc1ccccc1)C(=O)OC[C@@H](NC(=O)C1CCC(NS(=O)(=O)c2ccc(C(F)(F)F)cc2)CC1)c1ccccc1. The van der Waals surface area contributed by atoms with Gasteiger partial charge in [0.05, 0.1) is 16.5 Å². The van der Waals surface area contributed by atoms with Gasteiger partial charge < -0.3 is 15.8 Å². The van der Waals surface area contributed by atoms with E-state index < -0.39 is 51.8 Å². The van der Waals surface area contributed by atoms with Crippen molar-refractivity contribution in [1.29, 1.82) is 0 Å². The number of carbonyl (C=O) groups is 2. The number of alkyl halides is 3. The molecule has 0 spiro atoms. The molecule has 0 saturated heterocycles. The van der Waals surface area contributed by atoms with Crippen LogP contribution in [-0.4, -0.2) is 39.0 Å². The molecule has 3 aromatic carbocycles. The van der Waals surface area contributed by atoms with Crippen LogP contribution in [0.5, 0.6) is 0 Å². The first-order valence-corrected chi connectivity index (χ1v) is 15.4. The van der Waals surface area contributed by atoms with E-state index in [-0.39, 0.29) is 29.8 Å². The average molecular weight is 654 g/mol. The Morgan fingerprint density at radius 3 is 2.02 bits per heavy atom. The summed E-state index contributed by atoms with van der Waals surface area (Å²) < 4.78 is 72.0. The molecule has 1 aliphatic rings. The summed E-state index contributed by atoms with van der Waals surface area (Å²) in [6.07, 6.45) is -2.71. The molecule has 44 heavy (non-hydrogen) atoms. The lowest BCUT2D eigenvalue weighted by molar-refractivity contribution is -0.146. The van der Waals surface area contributed by atoms with Gasteiger partial charge in [0.2, 0.25) is 15.9 Å². The predicted octanol–water partition coefficient (Wildman–Crippen LogP) is 4.94. The molecule has 13 heteroatoms. The lowest BCUT2D eigenvalue weighted by atomic mass is 9.85. The maximum atomic E-state index is 13.2. The fourth-order valence-corrected chi connectivity index (χ4v) is 6.31. The fourth-order valence-electron chi connectivity index (χ4n) is 5.00. The van der Waals surface area contributed by atoms with Crippen molar-refractivity contribution >= 4 is 34.3 Å². The van der Waals surface area contributed by atoms with Gasteiger partial charge in [-0.2, -0.15) is 13.2 Å². The number of hydrogen-bond acceptors (Lipinski definition) is 6. The van der Waals surface area contributed by atoms with E-state index in [1.807, 2.05) is 60.7 Å². The van der Waals surface area contributed by atoms with Crippen LogP contribution in [0.15, 0.2) is 89.8 Å². The number of benzene rings is 3. The first kappa shape index (κ1) is 35.0. The molecule has 0 bridgehead atoms. The van der Waals surface area contributed by atoms with E-state index in [0.29, 0.717) is 32.1 Å². The Morgan fingerprint density at radius 2 is 1.45 bits per heavy atom. The number of ether oxygens (including phenoxy) is 1. The quantitative estimate of drug-likeness (QED) is 0.252. The monoisotopic (exact) mass is 653 g/mol. The highest BCUT2D eigenvalue weighted by Gasteiger charge is 2.33. The maximum Gasteiger partial charge on any atom is 0.416 e. The van der Waals surface area contributed by atoms with E-state index in [2.05, 4.69) is 10.0 Å².